The number of ether oxygens (including phenoxy) is 1. The van der Waals surface area contributed by atoms with E-state index in [1.165, 1.54) is 36.9 Å². The number of hydrogen-bond acceptors (Lipinski definition) is 4. The standard InChI is InChI=1S/C25H39N5O2/c1-20-8-5-6-12-30(20)19-22-10-4-3-9-21(22)18-27-25(26-2)29-15-13-28(14-16-29)24(31)23-11-7-17-32-23/h3-4,9-10,20,23H,5-8,11-19H2,1-2H3,(H,26,27). The van der Waals surface area contributed by atoms with Gasteiger partial charge in [0, 0.05) is 59.0 Å². The molecule has 32 heavy (non-hydrogen) atoms. The number of hydrogen-bond donors (Lipinski definition) is 1. The summed E-state index contributed by atoms with van der Waals surface area (Å²) in [7, 11) is 1.84. The van der Waals surface area contributed by atoms with E-state index in [1.54, 1.807) is 0 Å². The van der Waals surface area contributed by atoms with Gasteiger partial charge in [0.1, 0.15) is 6.10 Å². The Bertz CT molecular complexity index is 784. The van der Waals surface area contributed by atoms with Crippen molar-refractivity contribution in [2.24, 2.45) is 4.99 Å². The van der Waals surface area contributed by atoms with Crippen molar-refractivity contribution in [3.8, 4) is 0 Å². The van der Waals surface area contributed by atoms with Gasteiger partial charge in [-0.15, -0.1) is 0 Å². The smallest absolute Gasteiger partial charge is 0.251 e. The zero-order valence-electron chi connectivity index (χ0n) is 19.8. The van der Waals surface area contributed by atoms with Gasteiger partial charge in [0.2, 0.25) is 0 Å². The van der Waals surface area contributed by atoms with Crippen LogP contribution < -0.4 is 5.32 Å². The molecule has 0 saturated carbocycles. The molecule has 3 aliphatic heterocycles. The summed E-state index contributed by atoms with van der Waals surface area (Å²) in [5, 5.41) is 3.57. The van der Waals surface area contributed by atoms with E-state index in [9.17, 15) is 4.79 Å². The summed E-state index contributed by atoms with van der Waals surface area (Å²) >= 11 is 0. The zero-order valence-corrected chi connectivity index (χ0v) is 19.8. The van der Waals surface area contributed by atoms with Crippen molar-refractivity contribution in [1.82, 2.24) is 20.0 Å². The van der Waals surface area contributed by atoms with Gasteiger partial charge in [0.15, 0.2) is 5.96 Å². The van der Waals surface area contributed by atoms with Crippen molar-refractivity contribution in [1.29, 1.82) is 0 Å². The van der Waals surface area contributed by atoms with E-state index < -0.39 is 0 Å². The molecule has 3 saturated heterocycles. The highest BCUT2D eigenvalue weighted by Crippen LogP contribution is 2.21. The van der Waals surface area contributed by atoms with Crippen LogP contribution in [0.15, 0.2) is 29.3 Å². The Morgan fingerprint density at radius 3 is 2.47 bits per heavy atom. The van der Waals surface area contributed by atoms with Crippen LogP contribution in [-0.2, 0) is 22.6 Å². The zero-order chi connectivity index (χ0) is 22.3. The molecule has 1 aromatic rings. The van der Waals surface area contributed by atoms with E-state index in [0.29, 0.717) is 12.6 Å². The van der Waals surface area contributed by atoms with Gasteiger partial charge in [-0.25, -0.2) is 0 Å². The molecular weight excluding hydrogens is 402 g/mol. The Hall–Kier alpha value is -2.12. The third-order valence-electron chi connectivity index (χ3n) is 7.18. The second kappa shape index (κ2) is 11.1. The number of nitrogens with one attached hydrogen (secondary N) is 1. The van der Waals surface area contributed by atoms with Crippen molar-refractivity contribution in [3.63, 3.8) is 0 Å². The maximum absolute atomic E-state index is 12.6. The first-order valence-electron chi connectivity index (χ1n) is 12.3. The van der Waals surface area contributed by atoms with Gasteiger partial charge in [-0.3, -0.25) is 14.7 Å². The molecule has 3 fully saturated rings. The topological polar surface area (TPSA) is 60.4 Å². The number of amides is 1. The maximum Gasteiger partial charge on any atom is 0.251 e. The number of carbonyl (C=O) groups excluding carboxylic acids is 1. The maximum atomic E-state index is 12.6. The number of likely N-dealkylation sites (tertiary alicyclic amines) is 1. The third-order valence-corrected chi connectivity index (χ3v) is 7.18. The molecule has 0 radical (unpaired) electrons. The average Bonchev–Trinajstić information content (AvgIpc) is 3.37. The normalized spacial score (nSPS) is 25.2. The van der Waals surface area contributed by atoms with Gasteiger partial charge < -0.3 is 19.9 Å². The van der Waals surface area contributed by atoms with Crippen LogP contribution in [0.2, 0.25) is 0 Å². The van der Waals surface area contributed by atoms with Gasteiger partial charge in [0.05, 0.1) is 0 Å². The predicted octanol–water partition coefficient (Wildman–Crippen LogP) is 2.46. The number of piperazine rings is 1. The first-order chi connectivity index (χ1) is 15.7. The molecule has 4 rings (SSSR count). The van der Waals surface area contributed by atoms with E-state index in [4.69, 9.17) is 4.74 Å². The molecule has 0 bridgehead atoms. The van der Waals surface area contributed by atoms with Crippen LogP contribution in [0.5, 0.6) is 0 Å². The number of benzene rings is 1. The molecular formula is C25H39N5O2. The number of nitrogens with zero attached hydrogens (tertiary/aromatic N) is 4. The molecule has 3 aliphatic rings. The molecule has 1 aromatic carbocycles. The first kappa shape index (κ1) is 23.1. The van der Waals surface area contributed by atoms with Crippen LogP contribution in [0.4, 0.5) is 0 Å². The lowest BCUT2D eigenvalue weighted by atomic mass is 10.0. The Balaban J connectivity index is 1.30. The van der Waals surface area contributed by atoms with Crippen LogP contribution in [0, 0.1) is 0 Å². The number of carbonyl (C=O) groups is 1. The summed E-state index contributed by atoms with van der Waals surface area (Å²) in [4.78, 5) is 24.0. The highest BCUT2D eigenvalue weighted by molar-refractivity contribution is 5.82. The highest BCUT2D eigenvalue weighted by Gasteiger charge is 2.31. The van der Waals surface area contributed by atoms with Crippen molar-refractivity contribution in [2.75, 3.05) is 46.4 Å². The summed E-state index contributed by atoms with van der Waals surface area (Å²) < 4.78 is 5.58. The fourth-order valence-corrected chi connectivity index (χ4v) is 5.12. The van der Waals surface area contributed by atoms with Gasteiger partial charge in [-0.1, -0.05) is 30.7 Å². The minimum Gasteiger partial charge on any atom is -0.368 e. The lowest BCUT2D eigenvalue weighted by Crippen LogP contribution is -2.55. The molecule has 1 amide bonds. The Morgan fingerprint density at radius 1 is 1.03 bits per heavy atom. The molecule has 176 valence electrons. The average molecular weight is 442 g/mol. The summed E-state index contributed by atoms with van der Waals surface area (Å²) in [5.74, 6) is 1.07. The molecule has 0 spiro atoms. The van der Waals surface area contributed by atoms with Gasteiger partial charge in [0.25, 0.3) is 5.91 Å². The minimum atomic E-state index is -0.224. The minimum absolute atomic E-state index is 0.158. The number of aliphatic imine (C=N–C) groups is 1. The van der Waals surface area contributed by atoms with Crippen LogP contribution in [0.3, 0.4) is 0 Å². The van der Waals surface area contributed by atoms with Crippen LogP contribution >= 0.6 is 0 Å². The van der Waals surface area contributed by atoms with Gasteiger partial charge >= 0.3 is 0 Å². The molecule has 1 N–H and O–H groups in total. The molecule has 0 aromatic heterocycles. The first-order valence-corrected chi connectivity index (χ1v) is 12.3. The molecule has 0 aliphatic carbocycles. The molecule has 2 unspecified atom stereocenters. The molecule has 3 heterocycles. The second-order valence-electron chi connectivity index (χ2n) is 9.30. The summed E-state index contributed by atoms with van der Waals surface area (Å²) in [5.41, 5.74) is 2.73. The number of guanidine groups is 1. The number of rotatable bonds is 5. The fraction of sp³-hybridized carbons (Fsp3) is 0.680. The quantitative estimate of drug-likeness (QED) is 0.562. The fourth-order valence-electron chi connectivity index (χ4n) is 5.12. The number of piperidine rings is 1. The summed E-state index contributed by atoms with van der Waals surface area (Å²) in [6.45, 7) is 9.08. The summed E-state index contributed by atoms with van der Waals surface area (Å²) in [6, 6.07) is 9.41. The van der Waals surface area contributed by atoms with Crippen LogP contribution in [0.25, 0.3) is 0 Å². The monoisotopic (exact) mass is 441 g/mol. The Kier molecular flexibility index (Phi) is 8.03. The second-order valence-corrected chi connectivity index (χ2v) is 9.30. The third kappa shape index (κ3) is 5.62. The van der Waals surface area contributed by atoms with Gasteiger partial charge in [-0.2, -0.15) is 0 Å². The van der Waals surface area contributed by atoms with Crippen molar-refractivity contribution in [3.05, 3.63) is 35.4 Å². The lowest BCUT2D eigenvalue weighted by Gasteiger charge is -2.37. The van der Waals surface area contributed by atoms with Crippen molar-refractivity contribution >= 4 is 11.9 Å². The van der Waals surface area contributed by atoms with Gasteiger partial charge in [-0.05, 0) is 50.3 Å². The van der Waals surface area contributed by atoms with Crippen molar-refractivity contribution < 1.29 is 9.53 Å². The Labute approximate surface area is 192 Å². The molecule has 7 nitrogen and oxygen atoms in total. The van der Waals surface area contributed by atoms with Crippen molar-refractivity contribution in [2.45, 2.75) is 64.3 Å². The Morgan fingerprint density at radius 2 is 1.78 bits per heavy atom. The van der Waals surface area contributed by atoms with E-state index in [2.05, 4.69) is 51.3 Å². The van der Waals surface area contributed by atoms with Crippen LogP contribution in [0.1, 0.15) is 50.2 Å². The summed E-state index contributed by atoms with van der Waals surface area (Å²) in [6.07, 6.45) is 5.58. The van der Waals surface area contributed by atoms with E-state index in [0.717, 1.165) is 58.1 Å². The van der Waals surface area contributed by atoms with E-state index >= 15 is 0 Å². The molecule has 2 atom stereocenters. The lowest BCUT2D eigenvalue weighted by molar-refractivity contribution is -0.142. The van der Waals surface area contributed by atoms with Crippen LogP contribution in [-0.4, -0.2) is 85.1 Å². The predicted molar refractivity (Wildman–Crippen MR) is 127 cm³/mol. The SMILES string of the molecule is CN=C(NCc1ccccc1CN1CCCCC1C)N1CCN(C(=O)C2CCCO2)CC1. The highest BCUT2D eigenvalue weighted by atomic mass is 16.5. The van der Waals surface area contributed by atoms with E-state index in [1.807, 2.05) is 11.9 Å². The van der Waals surface area contributed by atoms with E-state index in [-0.39, 0.29) is 12.0 Å². The molecule has 7 heteroatoms. The largest absolute Gasteiger partial charge is 0.368 e.